The molecular weight excluding hydrogens is 416 g/mol. The second-order valence-electron chi connectivity index (χ2n) is 6.74. The lowest BCUT2D eigenvalue weighted by molar-refractivity contribution is -0.128. The van der Waals surface area contributed by atoms with Crippen molar-refractivity contribution in [3.8, 4) is 11.5 Å². The molecule has 0 spiro atoms. The van der Waals surface area contributed by atoms with Crippen LogP contribution in [0.3, 0.4) is 0 Å². The molecule has 0 aliphatic carbocycles. The lowest BCUT2D eigenvalue weighted by atomic mass is 10.1. The van der Waals surface area contributed by atoms with Crippen molar-refractivity contribution < 1.29 is 22.7 Å². The first-order valence-electron chi connectivity index (χ1n) is 9.16. The van der Waals surface area contributed by atoms with Crippen molar-refractivity contribution in [3.63, 3.8) is 0 Å². The Balaban J connectivity index is 1.76. The van der Waals surface area contributed by atoms with Crippen LogP contribution in [0.25, 0.3) is 0 Å². The van der Waals surface area contributed by atoms with Gasteiger partial charge in [0.2, 0.25) is 10.0 Å². The SMILES string of the molecule is CCOc1ccc([C@H](C)NC(=O)[C@@H]2CN(S(C)(=O)=O)c3cc(Cl)ccc3O2)cc1. The van der Waals surface area contributed by atoms with E-state index in [0.717, 1.165) is 21.9 Å². The number of rotatable bonds is 6. The van der Waals surface area contributed by atoms with Crippen molar-refractivity contribution in [2.24, 2.45) is 0 Å². The fourth-order valence-electron chi connectivity index (χ4n) is 3.08. The van der Waals surface area contributed by atoms with Gasteiger partial charge in [-0.15, -0.1) is 0 Å². The maximum Gasteiger partial charge on any atom is 0.263 e. The highest BCUT2D eigenvalue weighted by Gasteiger charge is 2.35. The maximum absolute atomic E-state index is 12.8. The lowest BCUT2D eigenvalue weighted by Gasteiger charge is -2.34. The fraction of sp³-hybridized carbons (Fsp3) is 0.350. The number of carbonyl (C=O) groups is 1. The van der Waals surface area contributed by atoms with Crippen LogP contribution in [0.1, 0.15) is 25.5 Å². The molecule has 1 aliphatic rings. The van der Waals surface area contributed by atoms with Gasteiger partial charge >= 0.3 is 0 Å². The van der Waals surface area contributed by atoms with Crippen molar-refractivity contribution in [1.82, 2.24) is 5.32 Å². The highest BCUT2D eigenvalue weighted by molar-refractivity contribution is 7.92. The molecule has 2 aromatic rings. The van der Waals surface area contributed by atoms with Crippen LogP contribution in [0.2, 0.25) is 5.02 Å². The molecule has 1 amide bonds. The largest absolute Gasteiger partial charge is 0.494 e. The molecule has 1 heterocycles. The van der Waals surface area contributed by atoms with Gasteiger partial charge in [-0.25, -0.2) is 8.42 Å². The van der Waals surface area contributed by atoms with Crippen LogP contribution in [0.5, 0.6) is 11.5 Å². The van der Waals surface area contributed by atoms with E-state index in [9.17, 15) is 13.2 Å². The van der Waals surface area contributed by atoms with Crippen LogP contribution in [0, 0.1) is 0 Å². The second kappa shape index (κ2) is 8.51. The molecule has 0 bridgehead atoms. The van der Waals surface area contributed by atoms with Gasteiger partial charge in [-0.3, -0.25) is 9.10 Å². The monoisotopic (exact) mass is 438 g/mol. The summed E-state index contributed by atoms with van der Waals surface area (Å²) in [4.78, 5) is 12.8. The van der Waals surface area contributed by atoms with Crippen molar-refractivity contribution in [2.75, 3.05) is 23.7 Å². The van der Waals surface area contributed by atoms with Crippen LogP contribution in [-0.4, -0.2) is 39.8 Å². The van der Waals surface area contributed by atoms with Gasteiger partial charge in [-0.05, 0) is 49.7 Å². The molecule has 0 fully saturated rings. The first-order chi connectivity index (χ1) is 13.7. The Morgan fingerprint density at radius 3 is 2.62 bits per heavy atom. The average Bonchev–Trinajstić information content (AvgIpc) is 2.67. The second-order valence-corrected chi connectivity index (χ2v) is 9.09. The standard InChI is InChI=1S/C20H23ClN2O5S/c1-4-27-16-8-5-14(6-9-16)13(2)22-20(24)19-12-23(29(3,25)26)17-11-15(21)7-10-18(17)28-19/h5-11,13,19H,4,12H2,1-3H3,(H,22,24)/t13-,19-/m0/s1. The first kappa shape index (κ1) is 21.3. The Morgan fingerprint density at radius 1 is 1.31 bits per heavy atom. The van der Waals surface area contributed by atoms with Crippen molar-refractivity contribution in [2.45, 2.75) is 26.0 Å². The first-order valence-corrected chi connectivity index (χ1v) is 11.4. The Hall–Kier alpha value is -2.45. The quantitative estimate of drug-likeness (QED) is 0.748. The minimum absolute atomic E-state index is 0.131. The average molecular weight is 439 g/mol. The van der Waals surface area contributed by atoms with E-state index >= 15 is 0 Å². The van der Waals surface area contributed by atoms with Gasteiger partial charge in [0.25, 0.3) is 5.91 Å². The third kappa shape index (κ3) is 4.94. The predicted octanol–water partition coefficient (Wildman–Crippen LogP) is 3.14. The summed E-state index contributed by atoms with van der Waals surface area (Å²) in [6.45, 7) is 4.20. The summed E-state index contributed by atoms with van der Waals surface area (Å²) in [5.74, 6) is 0.644. The number of sulfonamides is 1. The summed E-state index contributed by atoms with van der Waals surface area (Å²) >= 11 is 5.99. The molecule has 9 heteroatoms. The maximum atomic E-state index is 12.8. The highest BCUT2D eigenvalue weighted by atomic mass is 35.5. The molecular formula is C20H23ClN2O5S. The summed E-state index contributed by atoms with van der Waals surface area (Å²) in [5.41, 5.74) is 1.22. The molecule has 0 saturated heterocycles. The van der Waals surface area contributed by atoms with Crippen molar-refractivity contribution >= 4 is 33.2 Å². The van der Waals surface area contributed by atoms with Crippen molar-refractivity contribution in [3.05, 3.63) is 53.1 Å². The highest BCUT2D eigenvalue weighted by Crippen LogP contribution is 2.37. The van der Waals surface area contributed by atoms with E-state index in [4.69, 9.17) is 21.1 Å². The predicted molar refractivity (Wildman–Crippen MR) is 112 cm³/mol. The lowest BCUT2D eigenvalue weighted by Crippen LogP contribution is -2.50. The van der Waals surface area contributed by atoms with E-state index in [-0.39, 0.29) is 12.6 Å². The number of nitrogens with zero attached hydrogens (tertiary/aromatic N) is 1. The van der Waals surface area contributed by atoms with Crippen LogP contribution < -0.4 is 19.1 Å². The number of benzene rings is 2. The minimum Gasteiger partial charge on any atom is -0.494 e. The van der Waals surface area contributed by atoms with E-state index in [1.165, 1.54) is 6.07 Å². The summed E-state index contributed by atoms with van der Waals surface area (Å²) in [7, 11) is -3.61. The van der Waals surface area contributed by atoms with Gasteiger partial charge < -0.3 is 14.8 Å². The molecule has 2 aromatic carbocycles. The van der Waals surface area contributed by atoms with Crippen LogP contribution >= 0.6 is 11.6 Å². The smallest absolute Gasteiger partial charge is 0.263 e. The molecule has 0 unspecified atom stereocenters. The minimum atomic E-state index is -3.61. The van der Waals surface area contributed by atoms with Crippen LogP contribution in [0.4, 0.5) is 5.69 Å². The van der Waals surface area contributed by atoms with E-state index in [1.54, 1.807) is 12.1 Å². The zero-order valence-corrected chi connectivity index (χ0v) is 18.0. The zero-order chi connectivity index (χ0) is 21.2. The molecule has 0 aromatic heterocycles. The normalized spacial score (nSPS) is 17.1. The summed E-state index contributed by atoms with van der Waals surface area (Å²) in [6, 6.07) is 11.8. The Bertz CT molecular complexity index is 994. The van der Waals surface area contributed by atoms with E-state index in [2.05, 4.69) is 5.32 Å². The zero-order valence-electron chi connectivity index (χ0n) is 16.4. The van der Waals surface area contributed by atoms with Crippen LogP contribution in [0.15, 0.2) is 42.5 Å². The Kier molecular flexibility index (Phi) is 6.24. The number of hydrogen-bond acceptors (Lipinski definition) is 5. The fourth-order valence-corrected chi connectivity index (χ4v) is 4.16. The number of carbonyl (C=O) groups excluding carboxylic acids is 1. The molecule has 29 heavy (non-hydrogen) atoms. The van der Waals surface area contributed by atoms with E-state index in [0.29, 0.717) is 23.1 Å². The number of anilines is 1. The summed E-state index contributed by atoms with van der Waals surface area (Å²) in [6.07, 6.45) is 0.101. The molecule has 156 valence electrons. The summed E-state index contributed by atoms with van der Waals surface area (Å²) < 4.78 is 36.8. The van der Waals surface area contributed by atoms with E-state index < -0.39 is 22.0 Å². The van der Waals surface area contributed by atoms with Gasteiger partial charge in [-0.1, -0.05) is 23.7 Å². The number of ether oxygens (including phenoxy) is 2. The topological polar surface area (TPSA) is 84.9 Å². The number of amides is 1. The van der Waals surface area contributed by atoms with Gasteiger partial charge in [0.05, 0.1) is 31.1 Å². The third-order valence-corrected chi connectivity index (χ3v) is 5.91. The van der Waals surface area contributed by atoms with Gasteiger partial charge in [0, 0.05) is 5.02 Å². The van der Waals surface area contributed by atoms with Crippen LogP contribution in [-0.2, 0) is 14.8 Å². The molecule has 7 nitrogen and oxygen atoms in total. The number of halogens is 1. The number of hydrogen-bond donors (Lipinski definition) is 1. The molecule has 0 saturated carbocycles. The Morgan fingerprint density at radius 2 is 2.00 bits per heavy atom. The number of fused-ring (bicyclic) bond motifs is 1. The van der Waals surface area contributed by atoms with Gasteiger partial charge in [-0.2, -0.15) is 0 Å². The van der Waals surface area contributed by atoms with Gasteiger partial charge in [0.15, 0.2) is 6.10 Å². The van der Waals surface area contributed by atoms with Crippen molar-refractivity contribution in [1.29, 1.82) is 0 Å². The molecule has 0 radical (unpaired) electrons. The summed E-state index contributed by atoms with van der Waals surface area (Å²) in [5, 5.41) is 3.26. The third-order valence-electron chi connectivity index (χ3n) is 4.53. The molecule has 2 atom stereocenters. The number of nitrogens with one attached hydrogen (secondary N) is 1. The molecule has 1 aliphatic heterocycles. The van der Waals surface area contributed by atoms with Gasteiger partial charge in [0.1, 0.15) is 11.5 Å². The molecule has 3 rings (SSSR count). The Labute approximate surface area is 175 Å². The molecule has 1 N–H and O–H groups in total. The van der Waals surface area contributed by atoms with E-state index in [1.807, 2.05) is 38.1 Å².